The highest BCUT2D eigenvalue weighted by atomic mass is 127. The Balaban J connectivity index is 3.17. The minimum absolute atomic E-state index is 0.111. The minimum atomic E-state index is -0.111. The molecule has 0 saturated carbocycles. The molecule has 10 heavy (non-hydrogen) atoms. The standard InChI is InChI=1S/C6H6INO2/c1-10-5-3-2-4(7)6(9)8-5/h2-3H,1H3,(H,8,9). The number of pyridine rings is 1. The van der Waals surface area contributed by atoms with Gasteiger partial charge in [-0.2, -0.15) is 0 Å². The normalized spacial score (nSPS) is 9.40. The Labute approximate surface area is 71.6 Å². The van der Waals surface area contributed by atoms with Crippen molar-refractivity contribution in [3.8, 4) is 5.88 Å². The van der Waals surface area contributed by atoms with Crippen molar-refractivity contribution < 1.29 is 4.74 Å². The topological polar surface area (TPSA) is 42.1 Å². The highest BCUT2D eigenvalue weighted by Crippen LogP contribution is 2.03. The number of hydrogen-bond acceptors (Lipinski definition) is 2. The van der Waals surface area contributed by atoms with E-state index in [2.05, 4.69) is 4.98 Å². The van der Waals surface area contributed by atoms with Crippen LogP contribution in [0.4, 0.5) is 0 Å². The summed E-state index contributed by atoms with van der Waals surface area (Å²) in [5, 5.41) is 0. The lowest BCUT2D eigenvalue weighted by molar-refractivity contribution is 0.396. The van der Waals surface area contributed by atoms with Crippen LogP contribution in [0, 0.1) is 3.57 Å². The fourth-order valence-corrected chi connectivity index (χ4v) is 0.872. The lowest BCUT2D eigenvalue weighted by Crippen LogP contribution is -2.09. The highest BCUT2D eigenvalue weighted by Gasteiger charge is 1.94. The van der Waals surface area contributed by atoms with E-state index in [1.165, 1.54) is 7.11 Å². The van der Waals surface area contributed by atoms with Crippen LogP contribution in [0.5, 0.6) is 5.88 Å². The molecule has 1 rings (SSSR count). The number of ether oxygens (including phenoxy) is 1. The Bertz CT molecular complexity index is 281. The maximum Gasteiger partial charge on any atom is 0.264 e. The quantitative estimate of drug-likeness (QED) is 0.756. The van der Waals surface area contributed by atoms with E-state index in [9.17, 15) is 4.79 Å². The molecule has 0 atom stereocenters. The fourth-order valence-electron chi connectivity index (χ4n) is 0.557. The van der Waals surface area contributed by atoms with Crippen LogP contribution in [0.15, 0.2) is 16.9 Å². The van der Waals surface area contributed by atoms with Gasteiger partial charge in [-0.3, -0.25) is 9.78 Å². The molecule has 1 heterocycles. The Kier molecular flexibility index (Phi) is 2.31. The largest absolute Gasteiger partial charge is 0.482 e. The van der Waals surface area contributed by atoms with Crippen molar-refractivity contribution in [3.05, 3.63) is 26.1 Å². The van der Waals surface area contributed by atoms with Crippen LogP contribution in [0.25, 0.3) is 0 Å². The van der Waals surface area contributed by atoms with Crippen molar-refractivity contribution in [1.82, 2.24) is 4.98 Å². The second kappa shape index (κ2) is 3.05. The summed E-state index contributed by atoms with van der Waals surface area (Å²) in [5.74, 6) is 0.491. The second-order valence-electron chi connectivity index (χ2n) is 1.70. The molecule has 0 unspecified atom stereocenters. The third-order valence-corrected chi connectivity index (χ3v) is 1.90. The summed E-state index contributed by atoms with van der Waals surface area (Å²) >= 11 is 1.96. The van der Waals surface area contributed by atoms with E-state index in [0.717, 1.165) is 0 Å². The first-order valence-corrected chi connectivity index (χ1v) is 3.74. The average molecular weight is 251 g/mol. The molecule has 0 fully saturated rings. The molecule has 1 aromatic heterocycles. The predicted molar refractivity (Wildman–Crippen MR) is 46.3 cm³/mol. The van der Waals surface area contributed by atoms with Crippen LogP contribution < -0.4 is 10.3 Å². The van der Waals surface area contributed by atoms with E-state index in [4.69, 9.17) is 4.74 Å². The third kappa shape index (κ3) is 1.50. The number of rotatable bonds is 1. The van der Waals surface area contributed by atoms with Gasteiger partial charge in [-0.05, 0) is 34.7 Å². The summed E-state index contributed by atoms with van der Waals surface area (Å²) in [4.78, 5) is 13.4. The van der Waals surface area contributed by atoms with Gasteiger partial charge in [0.05, 0.1) is 10.7 Å². The summed E-state index contributed by atoms with van der Waals surface area (Å²) in [6.07, 6.45) is 0. The zero-order chi connectivity index (χ0) is 7.56. The van der Waals surface area contributed by atoms with Crippen molar-refractivity contribution in [3.63, 3.8) is 0 Å². The van der Waals surface area contributed by atoms with Gasteiger partial charge in [0.15, 0.2) is 5.88 Å². The van der Waals surface area contributed by atoms with Crippen LogP contribution in [0.1, 0.15) is 0 Å². The molecule has 0 aromatic carbocycles. The number of aromatic amines is 1. The van der Waals surface area contributed by atoms with Gasteiger partial charge in [-0.15, -0.1) is 0 Å². The van der Waals surface area contributed by atoms with Crippen LogP contribution in [0.2, 0.25) is 0 Å². The zero-order valence-corrected chi connectivity index (χ0v) is 7.51. The molecular weight excluding hydrogens is 245 g/mol. The molecule has 1 aromatic rings. The van der Waals surface area contributed by atoms with Crippen LogP contribution >= 0.6 is 22.6 Å². The van der Waals surface area contributed by atoms with Gasteiger partial charge >= 0.3 is 0 Å². The van der Waals surface area contributed by atoms with Crippen LogP contribution in [-0.2, 0) is 0 Å². The number of methoxy groups -OCH3 is 1. The second-order valence-corrected chi connectivity index (χ2v) is 2.87. The van der Waals surface area contributed by atoms with E-state index in [1.807, 2.05) is 22.6 Å². The van der Waals surface area contributed by atoms with Gasteiger partial charge < -0.3 is 4.74 Å². The Morgan fingerprint density at radius 2 is 2.30 bits per heavy atom. The Morgan fingerprint density at radius 1 is 1.60 bits per heavy atom. The molecule has 0 aliphatic rings. The first kappa shape index (κ1) is 7.59. The van der Waals surface area contributed by atoms with E-state index in [0.29, 0.717) is 9.45 Å². The van der Waals surface area contributed by atoms with E-state index in [1.54, 1.807) is 12.1 Å². The van der Waals surface area contributed by atoms with Crippen LogP contribution in [-0.4, -0.2) is 12.1 Å². The Morgan fingerprint density at radius 3 is 2.80 bits per heavy atom. The fraction of sp³-hybridized carbons (Fsp3) is 0.167. The van der Waals surface area contributed by atoms with Crippen molar-refractivity contribution >= 4 is 22.6 Å². The smallest absolute Gasteiger partial charge is 0.264 e. The first-order chi connectivity index (χ1) is 4.74. The molecule has 0 radical (unpaired) electrons. The summed E-state index contributed by atoms with van der Waals surface area (Å²) in [6, 6.07) is 3.42. The lowest BCUT2D eigenvalue weighted by Gasteiger charge is -1.96. The number of H-pyrrole nitrogens is 1. The van der Waals surface area contributed by atoms with Crippen molar-refractivity contribution in [2.75, 3.05) is 7.11 Å². The number of aromatic nitrogens is 1. The van der Waals surface area contributed by atoms with E-state index >= 15 is 0 Å². The SMILES string of the molecule is COc1ccc(I)c(=O)[nH]1. The van der Waals surface area contributed by atoms with Crippen molar-refractivity contribution in [2.24, 2.45) is 0 Å². The molecular formula is C6H6INO2. The molecule has 0 aliphatic carbocycles. The average Bonchev–Trinajstić information content (AvgIpc) is 1.95. The third-order valence-electron chi connectivity index (χ3n) is 1.05. The molecule has 0 amide bonds. The van der Waals surface area contributed by atoms with Gasteiger partial charge in [-0.1, -0.05) is 0 Å². The zero-order valence-electron chi connectivity index (χ0n) is 5.35. The predicted octanol–water partition coefficient (Wildman–Crippen LogP) is 0.988. The molecule has 0 saturated heterocycles. The monoisotopic (exact) mass is 251 g/mol. The summed E-state index contributed by atoms with van der Waals surface area (Å²) in [7, 11) is 1.51. The molecule has 1 N–H and O–H groups in total. The molecule has 0 spiro atoms. The summed E-state index contributed by atoms with van der Waals surface area (Å²) in [6.45, 7) is 0. The van der Waals surface area contributed by atoms with Crippen molar-refractivity contribution in [1.29, 1.82) is 0 Å². The number of hydrogen-bond donors (Lipinski definition) is 1. The van der Waals surface area contributed by atoms with Gasteiger partial charge in [0.25, 0.3) is 5.56 Å². The molecule has 54 valence electrons. The molecule has 4 heteroatoms. The van der Waals surface area contributed by atoms with E-state index in [-0.39, 0.29) is 5.56 Å². The van der Waals surface area contributed by atoms with Crippen molar-refractivity contribution in [2.45, 2.75) is 0 Å². The summed E-state index contributed by atoms with van der Waals surface area (Å²) in [5.41, 5.74) is -0.111. The lowest BCUT2D eigenvalue weighted by atomic mass is 10.5. The molecule has 0 aliphatic heterocycles. The maximum absolute atomic E-state index is 10.9. The number of halogens is 1. The number of nitrogens with one attached hydrogen (secondary N) is 1. The van der Waals surface area contributed by atoms with E-state index < -0.39 is 0 Å². The molecule has 3 nitrogen and oxygen atoms in total. The molecule has 0 bridgehead atoms. The van der Waals surface area contributed by atoms with Gasteiger partial charge in [0.1, 0.15) is 0 Å². The summed E-state index contributed by atoms with van der Waals surface area (Å²) < 4.78 is 5.46. The van der Waals surface area contributed by atoms with Gasteiger partial charge in [0, 0.05) is 0 Å². The first-order valence-electron chi connectivity index (χ1n) is 2.67. The van der Waals surface area contributed by atoms with Crippen LogP contribution in [0.3, 0.4) is 0 Å². The highest BCUT2D eigenvalue weighted by molar-refractivity contribution is 14.1. The minimum Gasteiger partial charge on any atom is -0.482 e. The van der Waals surface area contributed by atoms with Gasteiger partial charge in [0.2, 0.25) is 0 Å². The Hall–Kier alpha value is -0.520. The maximum atomic E-state index is 10.9. The van der Waals surface area contributed by atoms with Gasteiger partial charge in [-0.25, -0.2) is 0 Å².